The number of rotatable bonds is 6. The maximum absolute atomic E-state index is 12.4. The van der Waals surface area contributed by atoms with Crippen molar-refractivity contribution in [3.05, 3.63) is 71.2 Å². The summed E-state index contributed by atoms with van der Waals surface area (Å²) in [6.45, 7) is 4.61. The second-order valence-corrected chi connectivity index (χ2v) is 7.40. The average Bonchev–Trinajstić information content (AvgIpc) is 3.15. The third-order valence-electron chi connectivity index (χ3n) is 5.33. The van der Waals surface area contributed by atoms with Gasteiger partial charge < -0.3 is 14.8 Å². The summed E-state index contributed by atoms with van der Waals surface area (Å²) in [5, 5.41) is 13.2. The Kier molecular flexibility index (Phi) is 5.41. The van der Waals surface area contributed by atoms with Crippen molar-refractivity contribution in [2.75, 3.05) is 19.6 Å². The topological polar surface area (TPSA) is 69.9 Å². The number of aliphatic hydroxyl groups is 1. The van der Waals surface area contributed by atoms with Gasteiger partial charge in [-0.05, 0) is 35.6 Å². The molecule has 1 aliphatic rings. The van der Waals surface area contributed by atoms with E-state index in [2.05, 4.69) is 46.4 Å². The molecule has 146 valence electrons. The number of amides is 1. The standard InChI is InChI=1S/C22H26N4O2/c1-2-16-7-8-21-24-20(15-26(21)12-16)22(28)23-11-19(27)14-25-10-9-17-5-3-4-6-18(17)13-25/h3-8,12,15,19,27H,2,9-11,13-14H2,1H3,(H,23,28). The Bertz CT molecular complexity index is 982. The molecule has 28 heavy (non-hydrogen) atoms. The SMILES string of the molecule is CCc1ccc2nc(C(=O)NCC(O)CN3CCc4ccccc4C3)cn2c1. The zero-order valence-electron chi connectivity index (χ0n) is 16.1. The second kappa shape index (κ2) is 8.12. The second-order valence-electron chi connectivity index (χ2n) is 7.40. The molecule has 3 aromatic rings. The summed E-state index contributed by atoms with van der Waals surface area (Å²) in [5.41, 5.74) is 5.01. The Labute approximate surface area is 164 Å². The van der Waals surface area contributed by atoms with Crippen LogP contribution in [0.25, 0.3) is 5.65 Å². The summed E-state index contributed by atoms with van der Waals surface area (Å²) >= 11 is 0. The van der Waals surface area contributed by atoms with Crippen LogP contribution in [0, 0.1) is 0 Å². The van der Waals surface area contributed by atoms with Crippen LogP contribution < -0.4 is 5.32 Å². The zero-order chi connectivity index (χ0) is 19.5. The predicted molar refractivity (Wildman–Crippen MR) is 108 cm³/mol. The molecule has 6 heteroatoms. The molecular weight excluding hydrogens is 352 g/mol. The summed E-state index contributed by atoms with van der Waals surface area (Å²) in [6.07, 6.45) is 5.04. The lowest BCUT2D eigenvalue weighted by molar-refractivity contribution is 0.0838. The number of aromatic nitrogens is 2. The minimum atomic E-state index is -0.613. The molecule has 2 aromatic heterocycles. The zero-order valence-corrected chi connectivity index (χ0v) is 16.1. The number of aryl methyl sites for hydroxylation is 1. The number of pyridine rings is 1. The van der Waals surface area contributed by atoms with E-state index in [4.69, 9.17) is 0 Å². The lowest BCUT2D eigenvalue weighted by Crippen LogP contribution is -2.42. The smallest absolute Gasteiger partial charge is 0.271 e. The molecule has 0 saturated heterocycles. The monoisotopic (exact) mass is 378 g/mol. The van der Waals surface area contributed by atoms with Gasteiger partial charge in [-0.15, -0.1) is 0 Å². The quantitative estimate of drug-likeness (QED) is 0.689. The Morgan fingerprint density at radius 3 is 2.86 bits per heavy atom. The van der Waals surface area contributed by atoms with Crippen molar-refractivity contribution >= 4 is 11.6 Å². The first-order valence-electron chi connectivity index (χ1n) is 9.85. The molecule has 4 rings (SSSR count). The van der Waals surface area contributed by atoms with Crippen molar-refractivity contribution in [1.29, 1.82) is 0 Å². The highest BCUT2D eigenvalue weighted by atomic mass is 16.3. The fourth-order valence-corrected chi connectivity index (χ4v) is 3.73. The number of benzene rings is 1. The molecule has 0 spiro atoms. The molecule has 1 amide bonds. The van der Waals surface area contributed by atoms with Crippen LogP contribution >= 0.6 is 0 Å². The lowest BCUT2D eigenvalue weighted by Gasteiger charge is -2.30. The Morgan fingerprint density at radius 2 is 2.04 bits per heavy atom. The predicted octanol–water partition coefficient (Wildman–Crippen LogP) is 2.05. The van der Waals surface area contributed by atoms with Gasteiger partial charge in [-0.1, -0.05) is 37.3 Å². The largest absolute Gasteiger partial charge is 0.390 e. The normalized spacial score (nSPS) is 15.4. The Balaban J connectivity index is 1.31. The van der Waals surface area contributed by atoms with E-state index >= 15 is 0 Å². The van der Waals surface area contributed by atoms with Crippen LogP contribution in [0.4, 0.5) is 0 Å². The van der Waals surface area contributed by atoms with Crippen molar-refractivity contribution in [2.24, 2.45) is 0 Å². The molecule has 0 radical (unpaired) electrons. The van der Waals surface area contributed by atoms with Crippen LogP contribution in [-0.4, -0.2) is 51.0 Å². The van der Waals surface area contributed by atoms with Gasteiger partial charge in [0.1, 0.15) is 11.3 Å². The number of hydrogen-bond acceptors (Lipinski definition) is 4. The molecule has 0 saturated carbocycles. The lowest BCUT2D eigenvalue weighted by atomic mass is 10.00. The third kappa shape index (κ3) is 4.08. The van der Waals surface area contributed by atoms with E-state index in [1.165, 1.54) is 16.7 Å². The van der Waals surface area contributed by atoms with Crippen molar-refractivity contribution < 1.29 is 9.90 Å². The van der Waals surface area contributed by atoms with Gasteiger partial charge in [0.2, 0.25) is 0 Å². The highest BCUT2D eigenvalue weighted by Gasteiger charge is 2.19. The summed E-state index contributed by atoms with van der Waals surface area (Å²) < 4.78 is 1.87. The Morgan fingerprint density at radius 1 is 1.21 bits per heavy atom. The number of nitrogens with one attached hydrogen (secondary N) is 1. The number of nitrogens with zero attached hydrogens (tertiary/aromatic N) is 3. The van der Waals surface area contributed by atoms with E-state index in [9.17, 15) is 9.90 Å². The summed E-state index contributed by atoms with van der Waals surface area (Å²) in [7, 11) is 0. The number of imidazole rings is 1. The minimum Gasteiger partial charge on any atom is -0.390 e. The van der Waals surface area contributed by atoms with Gasteiger partial charge in [-0.2, -0.15) is 0 Å². The van der Waals surface area contributed by atoms with Crippen LogP contribution in [0.5, 0.6) is 0 Å². The summed E-state index contributed by atoms with van der Waals surface area (Å²) in [6, 6.07) is 12.4. The van der Waals surface area contributed by atoms with Crippen LogP contribution in [-0.2, 0) is 19.4 Å². The number of hydrogen-bond donors (Lipinski definition) is 2. The number of carbonyl (C=O) groups is 1. The molecule has 3 heterocycles. The van der Waals surface area contributed by atoms with Gasteiger partial charge >= 0.3 is 0 Å². The molecular formula is C22H26N4O2. The minimum absolute atomic E-state index is 0.213. The molecule has 1 aromatic carbocycles. The highest BCUT2D eigenvalue weighted by molar-refractivity contribution is 5.92. The first-order valence-corrected chi connectivity index (χ1v) is 9.85. The number of fused-ring (bicyclic) bond motifs is 2. The maximum atomic E-state index is 12.4. The van der Waals surface area contributed by atoms with Gasteiger partial charge in [0, 0.05) is 38.6 Å². The first kappa shape index (κ1) is 18.7. The van der Waals surface area contributed by atoms with Gasteiger partial charge in [0.05, 0.1) is 6.10 Å². The van der Waals surface area contributed by atoms with Crippen molar-refractivity contribution in [2.45, 2.75) is 32.4 Å². The van der Waals surface area contributed by atoms with E-state index in [0.717, 1.165) is 31.6 Å². The van der Waals surface area contributed by atoms with E-state index in [0.29, 0.717) is 12.2 Å². The molecule has 0 fully saturated rings. The first-order chi connectivity index (χ1) is 13.6. The van der Waals surface area contributed by atoms with Crippen molar-refractivity contribution in [3.63, 3.8) is 0 Å². The molecule has 0 bridgehead atoms. The molecule has 1 unspecified atom stereocenters. The Hall–Kier alpha value is -2.70. The average molecular weight is 378 g/mol. The molecule has 6 nitrogen and oxygen atoms in total. The highest BCUT2D eigenvalue weighted by Crippen LogP contribution is 2.18. The third-order valence-corrected chi connectivity index (χ3v) is 5.33. The van der Waals surface area contributed by atoms with Crippen LogP contribution in [0.1, 0.15) is 34.1 Å². The molecule has 1 aliphatic heterocycles. The van der Waals surface area contributed by atoms with Gasteiger partial charge in [-0.25, -0.2) is 4.98 Å². The number of carbonyl (C=O) groups excluding carboxylic acids is 1. The van der Waals surface area contributed by atoms with E-state index in [1.807, 2.05) is 22.7 Å². The maximum Gasteiger partial charge on any atom is 0.271 e. The van der Waals surface area contributed by atoms with Crippen molar-refractivity contribution in [3.8, 4) is 0 Å². The van der Waals surface area contributed by atoms with Gasteiger partial charge in [0.25, 0.3) is 5.91 Å². The number of aliphatic hydroxyl groups excluding tert-OH is 1. The van der Waals surface area contributed by atoms with Gasteiger partial charge in [-0.3, -0.25) is 9.69 Å². The van der Waals surface area contributed by atoms with Gasteiger partial charge in [0.15, 0.2) is 0 Å². The van der Waals surface area contributed by atoms with E-state index in [-0.39, 0.29) is 12.5 Å². The van der Waals surface area contributed by atoms with Crippen molar-refractivity contribution in [1.82, 2.24) is 19.6 Å². The fourth-order valence-electron chi connectivity index (χ4n) is 3.73. The van der Waals surface area contributed by atoms with E-state index < -0.39 is 6.10 Å². The van der Waals surface area contributed by atoms with Crippen LogP contribution in [0.2, 0.25) is 0 Å². The molecule has 1 atom stereocenters. The number of β-amino-alcohol motifs (C(OH)–C–C–N with tert-alkyl or cyclic N) is 1. The van der Waals surface area contributed by atoms with Crippen LogP contribution in [0.3, 0.4) is 0 Å². The van der Waals surface area contributed by atoms with Crippen LogP contribution in [0.15, 0.2) is 48.8 Å². The van der Waals surface area contributed by atoms with E-state index in [1.54, 1.807) is 6.20 Å². The summed E-state index contributed by atoms with van der Waals surface area (Å²) in [5.74, 6) is -0.259. The molecule has 2 N–H and O–H groups in total. The summed E-state index contributed by atoms with van der Waals surface area (Å²) in [4.78, 5) is 19.0. The fraction of sp³-hybridized carbons (Fsp3) is 0.364. The molecule has 0 aliphatic carbocycles.